The Kier molecular flexibility index (Phi) is 5.78. The van der Waals surface area contributed by atoms with Crippen LogP contribution in [0.2, 0.25) is 0 Å². The minimum absolute atomic E-state index is 0.0102. The molecule has 6 rings (SSSR count). The molecule has 1 N–H and O–H groups in total. The molecule has 1 spiro atoms. The molecule has 202 valence electrons. The van der Waals surface area contributed by atoms with Gasteiger partial charge in [0.05, 0.1) is 12.1 Å². The van der Waals surface area contributed by atoms with Crippen molar-refractivity contribution in [2.24, 2.45) is 0 Å². The van der Waals surface area contributed by atoms with Gasteiger partial charge in [-0.2, -0.15) is 0 Å². The van der Waals surface area contributed by atoms with E-state index in [1.54, 1.807) is 24.1 Å². The van der Waals surface area contributed by atoms with Crippen LogP contribution in [0.15, 0.2) is 43.0 Å². The van der Waals surface area contributed by atoms with Gasteiger partial charge in [-0.1, -0.05) is 24.1 Å². The van der Waals surface area contributed by atoms with E-state index in [2.05, 4.69) is 23.3 Å². The van der Waals surface area contributed by atoms with E-state index in [0.29, 0.717) is 44.5 Å². The van der Waals surface area contributed by atoms with Gasteiger partial charge in [0, 0.05) is 48.5 Å². The standard InChI is InChI=1S/C31H33N3O5/c1-5-15-33-16-14-30-27-22-9-10-24(35)28(27)39-29(30)23(12-13-31(30,34(37)38)25(33)18-22)32(4)26(36)11-8-21-7-6-19(2)20(3)17-21/h5-7,9-10,17,23,25,29,35H,1,12-16,18H2,2-4H3/t23-,25-,29+,30+,31-/m1/s1. The first-order valence-corrected chi connectivity index (χ1v) is 13.5. The number of piperidine rings is 1. The summed E-state index contributed by atoms with van der Waals surface area (Å²) >= 11 is 0. The van der Waals surface area contributed by atoms with Gasteiger partial charge >= 0.3 is 0 Å². The Morgan fingerprint density at radius 1 is 1.31 bits per heavy atom. The molecule has 2 bridgehead atoms. The molecule has 2 aromatic carbocycles. The number of likely N-dealkylation sites (N-methyl/N-ethyl adjacent to an activating group) is 1. The van der Waals surface area contributed by atoms with E-state index < -0.39 is 23.1 Å². The van der Waals surface area contributed by atoms with Crippen LogP contribution in [0.5, 0.6) is 11.5 Å². The molecule has 1 saturated carbocycles. The highest BCUT2D eigenvalue weighted by atomic mass is 16.6. The number of benzene rings is 2. The maximum Gasteiger partial charge on any atom is 0.298 e. The summed E-state index contributed by atoms with van der Waals surface area (Å²) in [6.45, 7) is 9.14. The van der Waals surface area contributed by atoms with Crippen molar-refractivity contribution in [1.82, 2.24) is 9.80 Å². The van der Waals surface area contributed by atoms with Crippen molar-refractivity contribution in [3.05, 3.63) is 80.9 Å². The molecule has 4 aliphatic rings. The summed E-state index contributed by atoms with van der Waals surface area (Å²) < 4.78 is 6.52. The van der Waals surface area contributed by atoms with Crippen LogP contribution in [-0.4, -0.2) is 69.6 Å². The minimum atomic E-state index is -1.30. The summed E-state index contributed by atoms with van der Waals surface area (Å²) in [6.07, 6.45) is 2.86. The van der Waals surface area contributed by atoms with E-state index in [0.717, 1.165) is 27.8 Å². The zero-order chi connectivity index (χ0) is 27.7. The van der Waals surface area contributed by atoms with Crippen molar-refractivity contribution in [1.29, 1.82) is 0 Å². The predicted molar refractivity (Wildman–Crippen MR) is 146 cm³/mol. The quantitative estimate of drug-likeness (QED) is 0.283. The summed E-state index contributed by atoms with van der Waals surface area (Å²) in [5.74, 6) is 5.74. The molecule has 1 amide bonds. The number of ether oxygens (including phenoxy) is 1. The van der Waals surface area contributed by atoms with Crippen LogP contribution in [0.1, 0.15) is 47.1 Å². The van der Waals surface area contributed by atoms with Crippen LogP contribution in [0.25, 0.3) is 0 Å². The van der Waals surface area contributed by atoms with Crippen molar-refractivity contribution in [3.63, 3.8) is 0 Å². The number of likely N-dealkylation sites (tertiary alicyclic amines) is 1. The lowest BCUT2D eigenvalue weighted by molar-refractivity contribution is -0.605. The Morgan fingerprint density at radius 2 is 2.10 bits per heavy atom. The molecule has 39 heavy (non-hydrogen) atoms. The molecule has 0 radical (unpaired) electrons. The second kappa shape index (κ2) is 8.85. The van der Waals surface area contributed by atoms with Crippen LogP contribution in [-0.2, 0) is 16.6 Å². The van der Waals surface area contributed by atoms with Crippen molar-refractivity contribution < 1.29 is 19.6 Å². The van der Waals surface area contributed by atoms with Crippen LogP contribution < -0.4 is 4.74 Å². The van der Waals surface area contributed by atoms with Gasteiger partial charge in [-0.25, -0.2) is 0 Å². The third-order valence-electron chi connectivity index (χ3n) is 9.87. The molecule has 2 aliphatic carbocycles. The number of rotatable bonds is 4. The maximum atomic E-state index is 13.4. The zero-order valence-electron chi connectivity index (χ0n) is 22.6. The molecular formula is C31H33N3O5. The van der Waals surface area contributed by atoms with Gasteiger partial charge in [0.25, 0.3) is 11.4 Å². The first-order valence-electron chi connectivity index (χ1n) is 13.5. The molecule has 1 saturated heterocycles. The number of hydrogen-bond donors (Lipinski definition) is 1. The number of nitro groups is 1. The Morgan fingerprint density at radius 3 is 2.82 bits per heavy atom. The van der Waals surface area contributed by atoms with Crippen molar-refractivity contribution in [3.8, 4) is 23.3 Å². The fourth-order valence-corrected chi connectivity index (χ4v) is 7.95. The second-order valence-electron chi connectivity index (χ2n) is 11.5. The van der Waals surface area contributed by atoms with Crippen LogP contribution in [0.3, 0.4) is 0 Å². The van der Waals surface area contributed by atoms with E-state index in [9.17, 15) is 20.0 Å². The molecule has 2 aromatic rings. The molecule has 2 fully saturated rings. The smallest absolute Gasteiger partial charge is 0.298 e. The lowest BCUT2D eigenvalue weighted by Gasteiger charge is -2.61. The van der Waals surface area contributed by atoms with Gasteiger partial charge in [-0.15, -0.1) is 6.58 Å². The fourth-order valence-electron chi connectivity index (χ4n) is 7.95. The number of carbonyl (C=O) groups excluding carboxylic acids is 1. The van der Waals surface area contributed by atoms with Gasteiger partial charge in [0.1, 0.15) is 11.5 Å². The number of phenols is 1. The topological polar surface area (TPSA) is 96.2 Å². The summed E-state index contributed by atoms with van der Waals surface area (Å²) in [5.41, 5.74) is 2.52. The van der Waals surface area contributed by atoms with Crippen LogP contribution >= 0.6 is 0 Å². The number of amides is 1. The number of aryl methyl sites for hydroxylation is 2. The van der Waals surface area contributed by atoms with Crippen molar-refractivity contribution in [2.75, 3.05) is 20.1 Å². The van der Waals surface area contributed by atoms with E-state index in [1.165, 1.54) is 0 Å². The first kappa shape index (κ1) is 25.4. The highest BCUT2D eigenvalue weighted by molar-refractivity contribution is 5.94. The van der Waals surface area contributed by atoms with Gasteiger partial charge in [-0.3, -0.25) is 19.8 Å². The lowest BCUT2D eigenvalue weighted by atomic mass is 9.46. The summed E-state index contributed by atoms with van der Waals surface area (Å²) in [4.78, 5) is 30.3. The van der Waals surface area contributed by atoms with Gasteiger partial charge in [0.15, 0.2) is 11.5 Å². The number of carbonyl (C=O) groups is 1. The van der Waals surface area contributed by atoms with E-state index in [4.69, 9.17) is 4.74 Å². The number of hydrogen-bond acceptors (Lipinski definition) is 6. The molecular weight excluding hydrogens is 494 g/mol. The average Bonchev–Trinajstić information content (AvgIpc) is 3.27. The molecule has 0 aromatic heterocycles. The summed E-state index contributed by atoms with van der Waals surface area (Å²) in [5, 5.41) is 24.0. The third kappa shape index (κ3) is 3.32. The van der Waals surface area contributed by atoms with Crippen LogP contribution in [0, 0.1) is 35.8 Å². The molecule has 8 nitrogen and oxygen atoms in total. The molecule has 8 heteroatoms. The average molecular weight is 528 g/mol. The summed E-state index contributed by atoms with van der Waals surface area (Å²) in [7, 11) is 1.71. The lowest BCUT2D eigenvalue weighted by Crippen LogP contribution is -2.80. The predicted octanol–water partition coefficient (Wildman–Crippen LogP) is 3.51. The van der Waals surface area contributed by atoms with Crippen LogP contribution in [0.4, 0.5) is 0 Å². The van der Waals surface area contributed by atoms with Gasteiger partial charge < -0.3 is 14.7 Å². The zero-order valence-corrected chi connectivity index (χ0v) is 22.6. The Bertz CT molecular complexity index is 1470. The van der Waals surface area contributed by atoms with E-state index >= 15 is 0 Å². The molecule has 2 aliphatic heterocycles. The number of nitrogens with zero attached hydrogens (tertiary/aromatic N) is 3. The largest absolute Gasteiger partial charge is 0.504 e. The fraction of sp³-hybridized carbons (Fsp3) is 0.452. The van der Waals surface area contributed by atoms with E-state index in [1.807, 2.05) is 38.1 Å². The minimum Gasteiger partial charge on any atom is -0.504 e. The normalized spacial score (nSPS) is 29.9. The maximum absolute atomic E-state index is 13.4. The SMILES string of the molecule is C=CCN1CC[C@]23c4c5ccc(O)c4O[C@H]2[C@H](N(C)C(=O)C#Cc2ccc(C)c(C)c2)CC[C@@]3([N+](=O)[O-])[C@H]1C5. The highest BCUT2D eigenvalue weighted by Crippen LogP contribution is 2.66. The molecule has 0 unspecified atom stereocenters. The van der Waals surface area contributed by atoms with E-state index in [-0.39, 0.29) is 22.6 Å². The Balaban J connectivity index is 1.43. The number of aromatic hydroxyl groups is 1. The highest BCUT2D eigenvalue weighted by Gasteiger charge is 2.80. The third-order valence-corrected chi connectivity index (χ3v) is 9.87. The van der Waals surface area contributed by atoms with Crippen molar-refractivity contribution in [2.45, 2.75) is 68.7 Å². The Hall–Kier alpha value is -3.83. The van der Waals surface area contributed by atoms with Gasteiger partial charge in [0.2, 0.25) is 0 Å². The van der Waals surface area contributed by atoms with Crippen molar-refractivity contribution >= 4 is 5.91 Å². The molecule has 5 atom stereocenters. The van der Waals surface area contributed by atoms with Gasteiger partial charge in [-0.05, 0) is 68.0 Å². The monoisotopic (exact) mass is 527 g/mol. The number of phenolic OH excluding ortho intramolecular Hbond substituents is 1. The molecule has 2 heterocycles. The first-order chi connectivity index (χ1) is 18.7. The second-order valence-corrected chi connectivity index (χ2v) is 11.5. The Labute approximate surface area is 228 Å². The summed E-state index contributed by atoms with van der Waals surface area (Å²) in [6, 6.07) is 8.58.